The van der Waals surface area contributed by atoms with Crippen molar-refractivity contribution < 1.29 is 5.11 Å². The molecule has 0 aromatic carbocycles. The lowest BCUT2D eigenvalue weighted by molar-refractivity contribution is 0.280. The Morgan fingerprint density at radius 3 is 3.00 bits per heavy atom. The van der Waals surface area contributed by atoms with Crippen molar-refractivity contribution in [3.05, 3.63) is 66.0 Å². The summed E-state index contributed by atoms with van der Waals surface area (Å²) in [5.74, 6) is 0. The highest BCUT2D eigenvalue weighted by molar-refractivity contribution is 5.31. The summed E-state index contributed by atoms with van der Waals surface area (Å²) < 4.78 is 0. The first-order valence-corrected chi connectivity index (χ1v) is 5.83. The molecule has 2 heteroatoms. The maximum absolute atomic E-state index is 9.24. The highest BCUT2D eigenvalue weighted by Crippen LogP contribution is 2.12. The van der Waals surface area contributed by atoms with Crippen LogP contribution in [-0.2, 0) is 13.0 Å². The van der Waals surface area contributed by atoms with Gasteiger partial charge in [-0.15, -0.1) is 0 Å². The van der Waals surface area contributed by atoms with Gasteiger partial charge >= 0.3 is 0 Å². The molecule has 1 N–H and O–H groups in total. The van der Waals surface area contributed by atoms with Crippen molar-refractivity contribution in [2.75, 3.05) is 0 Å². The Balaban J connectivity index is 2.89. The number of nitrogens with zero attached hydrogens (tertiary/aromatic N) is 1. The molecule has 0 fully saturated rings. The minimum atomic E-state index is 0.0298. The minimum absolute atomic E-state index is 0.0298. The fourth-order valence-corrected chi connectivity index (χ4v) is 1.56. The molecule has 0 spiro atoms. The van der Waals surface area contributed by atoms with Gasteiger partial charge in [0, 0.05) is 12.6 Å². The minimum Gasteiger partial charge on any atom is -0.392 e. The maximum atomic E-state index is 9.24. The third-order valence-corrected chi connectivity index (χ3v) is 2.43. The van der Waals surface area contributed by atoms with Crippen LogP contribution in [0.4, 0.5) is 0 Å². The smallest absolute Gasteiger partial charge is 0.0699 e. The van der Waals surface area contributed by atoms with Crippen LogP contribution in [-0.4, -0.2) is 10.1 Å². The zero-order valence-electron chi connectivity index (χ0n) is 10.3. The molecule has 90 valence electrons. The average Bonchev–Trinajstić information content (AvgIpc) is 2.37. The van der Waals surface area contributed by atoms with E-state index in [0.717, 1.165) is 29.7 Å². The number of hydrogen-bond acceptors (Lipinski definition) is 2. The lowest BCUT2D eigenvalue weighted by atomic mass is 10.0. The number of aromatic nitrogens is 1. The summed E-state index contributed by atoms with van der Waals surface area (Å²) in [4.78, 5) is 4.31. The molecule has 1 heterocycles. The van der Waals surface area contributed by atoms with E-state index in [1.165, 1.54) is 0 Å². The van der Waals surface area contributed by atoms with Gasteiger partial charge in [-0.2, -0.15) is 0 Å². The average molecular weight is 229 g/mol. The number of pyridine rings is 1. The lowest BCUT2D eigenvalue weighted by Gasteiger charge is -2.06. The Kier molecular flexibility index (Phi) is 5.97. The van der Waals surface area contributed by atoms with Gasteiger partial charge in [-0.3, -0.25) is 4.98 Å². The second kappa shape index (κ2) is 7.58. The van der Waals surface area contributed by atoms with Crippen LogP contribution in [0.15, 0.2) is 54.8 Å². The maximum Gasteiger partial charge on any atom is 0.0699 e. The molecule has 0 saturated heterocycles. The highest BCUT2D eigenvalue weighted by Gasteiger charge is 2.03. The van der Waals surface area contributed by atoms with Crippen molar-refractivity contribution in [3.8, 4) is 0 Å². The first-order valence-electron chi connectivity index (χ1n) is 5.83. The molecule has 1 aromatic heterocycles. The summed E-state index contributed by atoms with van der Waals surface area (Å²) in [5.41, 5.74) is 2.95. The van der Waals surface area contributed by atoms with E-state index in [1.807, 2.05) is 18.2 Å². The van der Waals surface area contributed by atoms with Gasteiger partial charge in [0.25, 0.3) is 0 Å². The molecule has 0 bridgehead atoms. The highest BCUT2D eigenvalue weighted by atomic mass is 16.3. The molecule has 0 saturated carbocycles. The SMILES string of the molecule is C=C/C=C(\C=C/CC)Cc1ncccc1CO. The Morgan fingerprint density at radius 2 is 2.35 bits per heavy atom. The summed E-state index contributed by atoms with van der Waals surface area (Å²) in [6.07, 6.45) is 11.4. The second-order valence-electron chi connectivity index (χ2n) is 3.73. The topological polar surface area (TPSA) is 33.1 Å². The van der Waals surface area contributed by atoms with Crippen LogP contribution < -0.4 is 0 Å². The lowest BCUT2D eigenvalue weighted by Crippen LogP contribution is -1.98. The van der Waals surface area contributed by atoms with E-state index >= 15 is 0 Å². The molecule has 0 amide bonds. The molecule has 2 nitrogen and oxygen atoms in total. The fourth-order valence-electron chi connectivity index (χ4n) is 1.56. The monoisotopic (exact) mass is 229 g/mol. The Morgan fingerprint density at radius 1 is 1.53 bits per heavy atom. The van der Waals surface area contributed by atoms with Gasteiger partial charge in [0.1, 0.15) is 0 Å². The van der Waals surface area contributed by atoms with Gasteiger partial charge < -0.3 is 5.11 Å². The van der Waals surface area contributed by atoms with E-state index in [2.05, 4.69) is 30.6 Å². The summed E-state index contributed by atoms with van der Waals surface area (Å²) in [5, 5.41) is 9.24. The molecule has 0 radical (unpaired) electrons. The number of aliphatic hydroxyl groups is 1. The summed E-state index contributed by atoms with van der Waals surface area (Å²) in [6, 6.07) is 3.74. The second-order valence-corrected chi connectivity index (χ2v) is 3.73. The zero-order chi connectivity index (χ0) is 12.5. The summed E-state index contributed by atoms with van der Waals surface area (Å²) >= 11 is 0. The summed E-state index contributed by atoms with van der Waals surface area (Å²) in [6.45, 7) is 5.84. The van der Waals surface area contributed by atoms with Gasteiger partial charge in [0.2, 0.25) is 0 Å². The van der Waals surface area contributed by atoms with Gasteiger partial charge in [0.05, 0.1) is 12.3 Å². The standard InChI is InChI=1S/C15H19NO/c1-3-5-8-13(7-4-2)11-15-14(12-17)9-6-10-16-15/h4-10,17H,2-3,11-12H2,1H3/b8-5-,13-7+. The van der Waals surface area contributed by atoms with Crippen molar-refractivity contribution >= 4 is 0 Å². The summed E-state index contributed by atoms with van der Waals surface area (Å²) in [7, 11) is 0. The van der Waals surface area contributed by atoms with Crippen molar-refractivity contribution in [3.63, 3.8) is 0 Å². The van der Waals surface area contributed by atoms with Crippen LogP contribution in [0.3, 0.4) is 0 Å². The van der Waals surface area contributed by atoms with Gasteiger partial charge in [0.15, 0.2) is 0 Å². The quantitative estimate of drug-likeness (QED) is 0.760. The van der Waals surface area contributed by atoms with E-state index in [4.69, 9.17) is 0 Å². The molecule has 1 rings (SSSR count). The number of aliphatic hydroxyl groups excluding tert-OH is 1. The molecule has 17 heavy (non-hydrogen) atoms. The predicted molar refractivity (Wildman–Crippen MR) is 71.6 cm³/mol. The van der Waals surface area contributed by atoms with Gasteiger partial charge in [-0.05, 0) is 23.6 Å². The molecule has 1 aromatic rings. The molecular formula is C15H19NO. The van der Waals surface area contributed by atoms with E-state index < -0.39 is 0 Å². The number of hydrogen-bond donors (Lipinski definition) is 1. The Bertz CT molecular complexity index is 419. The first-order chi connectivity index (χ1) is 8.31. The van der Waals surface area contributed by atoms with Crippen LogP contribution in [0.25, 0.3) is 0 Å². The molecule has 0 aliphatic rings. The largest absolute Gasteiger partial charge is 0.392 e. The third kappa shape index (κ3) is 4.37. The third-order valence-electron chi connectivity index (χ3n) is 2.43. The van der Waals surface area contributed by atoms with Crippen LogP contribution >= 0.6 is 0 Å². The predicted octanol–water partition coefficient (Wildman–Crippen LogP) is 3.20. The Labute approximate surface area is 103 Å². The molecule has 0 aliphatic carbocycles. The van der Waals surface area contributed by atoms with Crippen LogP contribution in [0.5, 0.6) is 0 Å². The van der Waals surface area contributed by atoms with Crippen molar-refractivity contribution in [2.45, 2.75) is 26.4 Å². The van der Waals surface area contributed by atoms with Crippen LogP contribution in [0.1, 0.15) is 24.6 Å². The van der Waals surface area contributed by atoms with Gasteiger partial charge in [-0.1, -0.05) is 43.9 Å². The normalized spacial score (nSPS) is 12.0. The van der Waals surface area contributed by atoms with E-state index in [9.17, 15) is 5.11 Å². The van der Waals surface area contributed by atoms with E-state index in [1.54, 1.807) is 12.3 Å². The van der Waals surface area contributed by atoms with Crippen molar-refractivity contribution in [2.24, 2.45) is 0 Å². The molecule has 0 aliphatic heterocycles. The van der Waals surface area contributed by atoms with Crippen molar-refractivity contribution in [1.29, 1.82) is 0 Å². The zero-order valence-corrected chi connectivity index (χ0v) is 10.3. The number of allylic oxidation sites excluding steroid dienone is 5. The van der Waals surface area contributed by atoms with Crippen molar-refractivity contribution in [1.82, 2.24) is 4.98 Å². The first kappa shape index (κ1) is 13.4. The van der Waals surface area contributed by atoms with E-state index in [0.29, 0.717) is 0 Å². The van der Waals surface area contributed by atoms with Crippen LogP contribution in [0.2, 0.25) is 0 Å². The van der Waals surface area contributed by atoms with Crippen LogP contribution in [0, 0.1) is 0 Å². The fraction of sp³-hybridized carbons (Fsp3) is 0.267. The van der Waals surface area contributed by atoms with Gasteiger partial charge in [-0.25, -0.2) is 0 Å². The Hall–Kier alpha value is -1.67. The van der Waals surface area contributed by atoms with E-state index in [-0.39, 0.29) is 6.61 Å². The molecule has 0 unspecified atom stereocenters. The number of rotatable bonds is 6. The molecular weight excluding hydrogens is 210 g/mol. The molecule has 0 atom stereocenters.